The van der Waals surface area contributed by atoms with Crippen molar-refractivity contribution in [2.24, 2.45) is 42.6 Å². The minimum atomic E-state index is 0.863. The van der Waals surface area contributed by atoms with Gasteiger partial charge in [0.05, 0.1) is 11.9 Å². The van der Waals surface area contributed by atoms with E-state index in [1.54, 1.807) is 0 Å². The zero-order chi connectivity index (χ0) is 21.7. The van der Waals surface area contributed by atoms with Crippen molar-refractivity contribution in [3.63, 3.8) is 0 Å². The van der Waals surface area contributed by atoms with Gasteiger partial charge in [0.2, 0.25) is 0 Å². The first-order valence-corrected chi connectivity index (χ1v) is 12.6. The molecule has 3 aliphatic carbocycles. The zero-order valence-corrected chi connectivity index (χ0v) is 19.5. The lowest BCUT2D eigenvalue weighted by Crippen LogP contribution is -2.31. The van der Waals surface area contributed by atoms with Gasteiger partial charge in [-0.25, -0.2) is 0 Å². The van der Waals surface area contributed by atoms with Crippen LogP contribution in [0.1, 0.15) is 37.7 Å². The fourth-order valence-corrected chi connectivity index (χ4v) is 7.27. The van der Waals surface area contributed by atoms with E-state index in [4.69, 9.17) is 0 Å². The van der Waals surface area contributed by atoms with Gasteiger partial charge in [-0.15, -0.1) is 10.2 Å². The maximum atomic E-state index is 4.44. The second-order valence-electron chi connectivity index (χ2n) is 10.8. The van der Waals surface area contributed by atoms with Crippen LogP contribution in [0.2, 0.25) is 0 Å². The minimum Gasteiger partial charge on any atom is -0.369 e. The van der Waals surface area contributed by atoms with Gasteiger partial charge in [-0.05, 0) is 92.2 Å². The number of likely N-dealkylation sites (tertiary alicyclic amines) is 1. The molecule has 2 saturated carbocycles. The summed E-state index contributed by atoms with van der Waals surface area (Å²) < 4.78 is 1.86. The molecule has 0 spiro atoms. The molecule has 0 radical (unpaired) electrons. The van der Waals surface area contributed by atoms with Crippen molar-refractivity contribution in [1.29, 1.82) is 0 Å². The maximum Gasteiger partial charge on any atom is 0.148 e. The molecule has 6 atom stereocenters. The van der Waals surface area contributed by atoms with Crippen LogP contribution in [0.3, 0.4) is 0 Å². The van der Waals surface area contributed by atoms with Crippen LogP contribution in [0.15, 0.2) is 30.5 Å². The van der Waals surface area contributed by atoms with Gasteiger partial charge >= 0.3 is 0 Å². The summed E-state index contributed by atoms with van der Waals surface area (Å²) in [6.45, 7) is 7.09. The van der Waals surface area contributed by atoms with Crippen LogP contribution in [0.25, 0.3) is 11.4 Å². The van der Waals surface area contributed by atoms with Crippen LogP contribution < -0.4 is 5.32 Å². The van der Waals surface area contributed by atoms with Gasteiger partial charge < -0.3 is 10.2 Å². The van der Waals surface area contributed by atoms with Crippen LogP contribution in [0.4, 0.5) is 5.82 Å². The Bertz CT molecular complexity index is 959. The molecule has 0 aromatic carbocycles. The molecule has 3 heterocycles. The van der Waals surface area contributed by atoms with Gasteiger partial charge in [-0.3, -0.25) is 4.68 Å². The van der Waals surface area contributed by atoms with E-state index < -0.39 is 0 Å². The highest BCUT2D eigenvalue weighted by atomic mass is 15.3. The van der Waals surface area contributed by atoms with Gasteiger partial charge in [0, 0.05) is 33.2 Å². The highest BCUT2D eigenvalue weighted by molar-refractivity contribution is 5.59. The molecule has 2 bridgehead atoms. The molecule has 1 N–H and O–H groups in total. The van der Waals surface area contributed by atoms with E-state index in [1.807, 2.05) is 30.1 Å². The van der Waals surface area contributed by atoms with Crippen molar-refractivity contribution in [1.82, 2.24) is 24.9 Å². The standard InChI is InChI=1S/C26H36N6/c1-17-13-28-31(2)26(17)24-7-8-25(30-29-24)27-10-9-19-5-6-21-14-32(16-23(19)21)15-22-12-18-3-4-20(22)11-18/h3-4,7-8,13,18-23H,5-6,9-12,14-16H2,1-2H3,(H,27,30). The average Bonchev–Trinajstić information content (AvgIpc) is 3.59. The molecule has 2 aromatic rings. The van der Waals surface area contributed by atoms with Crippen LogP contribution >= 0.6 is 0 Å². The van der Waals surface area contributed by atoms with Crippen molar-refractivity contribution in [2.75, 3.05) is 31.5 Å². The largest absolute Gasteiger partial charge is 0.369 e. The molecule has 4 aliphatic rings. The number of nitrogens with one attached hydrogen (secondary N) is 1. The Balaban J connectivity index is 0.990. The van der Waals surface area contributed by atoms with Crippen LogP contribution in [0, 0.1) is 42.4 Å². The summed E-state index contributed by atoms with van der Waals surface area (Å²) in [5.74, 6) is 6.30. The van der Waals surface area contributed by atoms with Crippen molar-refractivity contribution in [3.05, 3.63) is 36.0 Å². The molecule has 2 aromatic heterocycles. The SMILES string of the molecule is Cc1cnn(C)c1-c1ccc(NCCC2CCC3CN(CC4CC5C=CC4C5)CC23)nn1. The predicted molar refractivity (Wildman–Crippen MR) is 127 cm³/mol. The highest BCUT2D eigenvalue weighted by Gasteiger charge is 2.44. The van der Waals surface area contributed by atoms with Gasteiger partial charge in [-0.2, -0.15) is 5.10 Å². The monoisotopic (exact) mass is 432 g/mol. The second kappa shape index (κ2) is 8.29. The Morgan fingerprint density at radius 2 is 2.00 bits per heavy atom. The third kappa shape index (κ3) is 3.76. The molecule has 6 nitrogen and oxygen atoms in total. The quantitative estimate of drug-likeness (QED) is 0.666. The lowest BCUT2D eigenvalue weighted by Gasteiger charge is -2.26. The molecule has 170 valence electrons. The molecule has 6 unspecified atom stereocenters. The normalized spacial score (nSPS) is 33.3. The number of anilines is 1. The van der Waals surface area contributed by atoms with Crippen molar-refractivity contribution >= 4 is 5.82 Å². The number of hydrogen-bond donors (Lipinski definition) is 1. The third-order valence-corrected chi connectivity index (χ3v) is 8.84. The molecule has 1 aliphatic heterocycles. The van der Waals surface area contributed by atoms with Gasteiger partial charge in [0.15, 0.2) is 0 Å². The van der Waals surface area contributed by atoms with E-state index in [2.05, 4.69) is 44.6 Å². The molecular weight excluding hydrogens is 396 g/mol. The fraction of sp³-hybridized carbons (Fsp3) is 0.654. The smallest absolute Gasteiger partial charge is 0.148 e. The van der Waals surface area contributed by atoms with E-state index in [-0.39, 0.29) is 0 Å². The first kappa shape index (κ1) is 20.4. The van der Waals surface area contributed by atoms with E-state index >= 15 is 0 Å². The number of fused-ring (bicyclic) bond motifs is 3. The fourth-order valence-electron chi connectivity index (χ4n) is 7.27. The van der Waals surface area contributed by atoms with Gasteiger partial charge in [0.1, 0.15) is 11.5 Å². The zero-order valence-electron chi connectivity index (χ0n) is 19.5. The number of allylic oxidation sites excluding steroid dienone is 2. The van der Waals surface area contributed by atoms with Crippen LogP contribution in [-0.2, 0) is 7.05 Å². The topological polar surface area (TPSA) is 58.9 Å². The molecule has 3 fully saturated rings. The molecule has 0 amide bonds. The summed E-state index contributed by atoms with van der Waals surface area (Å²) >= 11 is 0. The van der Waals surface area contributed by atoms with E-state index in [0.717, 1.165) is 64.8 Å². The molecule has 1 saturated heterocycles. The predicted octanol–water partition coefficient (Wildman–Crippen LogP) is 4.16. The Hall–Kier alpha value is -2.21. The van der Waals surface area contributed by atoms with E-state index in [9.17, 15) is 0 Å². The lowest BCUT2D eigenvalue weighted by atomic mass is 9.90. The number of rotatable bonds is 7. The second-order valence-corrected chi connectivity index (χ2v) is 10.8. The summed E-state index contributed by atoms with van der Waals surface area (Å²) in [4.78, 5) is 2.82. The Labute approximate surface area is 191 Å². The van der Waals surface area contributed by atoms with Crippen molar-refractivity contribution in [3.8, 4) is 11.4 Å². The Morgan fingerprint density at radius 3 is 2.72 bits per heavy atom. The van der Waals surface area contributed by atoms with Crippen molar-refractivity contribution in [2.45, 2.75) is 39.0 Å². The summed E-state index contributed by atoms with van der Waals surface area (Å²) in [5.41, 5.74) is 3.04. The van der Waals surface area contributed by atoms with Crippen LogP contribution in [-0.4, -0.2) is 51.1 Å². The number of aromatic nitrogens is 4. The number of aryl methyl sites for hydroxylation is 2. The summed E-state index contributed by atoms with van der Waals surface area (Å²) in [5, 5.41) is 16.7. The molecule has 6 rings (SSSR count). The van der Waals surface area contributed by atoms with Gasteiger partial charge in [0.25, 0.3) is 0 Å². The van der Waals surface area contributed by atoms with Crippen LogP contribution in [0.5, 0.6) is 0 Å². The minimum absolute atomic E-state index is 0.863. The third-order valence-electron chi connectivity index (χ3n) is 8.84. The maximum absolute atomic E-state index is 4.44. The van der Waals surface area contributed by atoms with E-state index in [1.165, 1.54) is 51.7 Å². The molecule has 6 heteroatoms. The Kier molecular flexibility index (Phi) is 5.28. The first-order chi connectivity index (χ1) is 15.6. The lowest BCUT2D eigenvalue weighted by molar-refractivity contribution is 0.229. The molecular formula is C26H36N6. The van der Waals surface area contributed by atoms with Gasteiger partial charge in [-0.1, -0.05) is 12.2 Å². The molecule has 32 heavy (non-hydrogen) atoms. The Morgan fingerprint density at radius 1 is 1.06 bits per heavy atom. The highest BCUT2D eigenvalue weighted by Crippen LogP contribution is 2.47. The summed E-state index contributed by atoms with van der Waals surface area (Å²) in [7, 11) is 1.95. The number of hydrogen-bond acceptors (Lipinski definition) is 5. The summed E-state index contributed by atoms with van der Waals surface area (Å²) in [6.07, 6.45) is 13.8. The van der Waals surface area contributed by atoms with E-state index in [0.29, 0.717) is 0 Å². The average molecular weight is 433 g/mol. The first-order valence-electron chi connectivity index (χ1n) is 12.6. The van der Waals surface area contributed by atoms with Crippen molar-refractivity contribution < 1.29 is 0 Å². The number of nitrogens with zero attached hydrogens (tertiary/aromatic N) is 5. The summed E-state index contributed by atoms with van der Waals surface area (Å²) in [6, 6.07) is 4.10.